The molecule has 1 saturated heterocycles. The average molecular weight is 323 g/mol. The lowest BCUT2D eigenvalue weighted by atomic mass is 10.00. The lowest BCUT2D eigenvalue weighted by Gasteiger charge is -2.23. The van der Waals surface area contributed by atoms with Crippen LogP contribution in [-0.2, 0) is 4.74 Å². The van der Waals surface area contributed by atoms with E-state index in [9.17, 15) is 9.18 Å². The maximum absolute atomic E-state index is 13.8. The van der Waals surface area contributed by atoms with Gasteiger partial charge in [0.25, 0.3) is 0 Å². The van der Waals surface area contributed by atoms with E-state index < -0.39 is 17.5 Å². The summed E-state index contributed by atoms with van der Waals surface area (Å²) in [7, 11) is 0. The third-order valence-electron chi connectivity index (χ3n) is 3.60. The topological polar surface area (TPSA) is 62.4 Å². The number of carbonyl (C=O) groups is 1. The number of nitrogens with one attached hydrogen (secondary N) is 3. The first-order valence-corrected chi connectivity index (χ1v) is 8.07. The van der Waals surface area contributed by atoms with Crippen LogP contribution in [0, 0.1) is 11.7 Å². The number of hydrogen-bond acceptors (Lipinski definition) is 4. The molecule has 6 heteroatoms. The maximum Gasteiger partial charge on any atom is 0.412 e. The largest absolute Gasteiger partial charge is 0.444 e. The Morgan fingerprint density at radius 1 is 1.43 bits per heavy atom. The summed E-state index contributed by atoms with van der Waals surface area (Å²) in [6, 6.07) is 4.61. The molecule has 23 heavy (non-hydrogen) atoms. The van der Waals surface area contributed by atoms with E-state index in [0.717, 1.165) is 25.3 Å². The molecule has 0 bridgehead atoms. The third-order valence-corrected chi connectivity index (χ3v) is 3.60. The van der Waals surface area contributed by atoms with Crippen LogP contribution in [-0.4, -0.2) is 31.3 Å². The van der Waals surface area contributed by atoms with Crippen molar-refractivity contribution in [1.29, 1.82) is 0 Å². The van der Waals surface area contributed by atoms with E-state index in [-0.39, 0.29) is 5.69 Å². The van der Waals surface area contributed by atoms with Crippen molar-refractivity contribution in [2.45, 2.75) is 39.2 Å². The Hall–Kier alpha value is -1.82. The normalized spacial score (nSPS) is 18.3. The molecule has 0 spiro atoms. The van der Waals surface area contributed by atoms with Gasteiger partial charge in [-0.15, -0.1) is 0 Å². The average Bonchev–Trinajstić information content (AvgIpc) is 2.47. The number of anilines is 2. The van der Waals surface area contributed by atoms with Gasteiger partial charge in [-0.1, -0.05) is 0 Å². The summed E-state index contributed by atoms with van der Waals surface area (Å²) < 4.78 is 19.0. The van der Waals surface area contributed by atoms with Crippen LogP contribution in [0.4, 0.5) is 20.6 Å². The van der Waals surface area contributed by atoms with Crippen molar-refractivity contribution < 1.29 is 13.9 Å². The van der Waals surface area contributed by atoms with Gasteiger partial charge in [0.1, 0.15) is 11.4 Å². The van der Waals surface area contributed by atoms with Gasteiger partial charge in [-0.2, -0.15) is 0 Å². The first-order chi connectivity index (χ1) is 10.8. The fourth-order valence-electron chi connectivity index (χ4n) is 2.50. The molecule has 1 fully saturated rings. The molecule has 1 unspecified atom stereocenters. The van der Waals surface area contributed by atoms with Crippen LogP contribution in [0.3, 0.4) is 0 Å². The van der Waals surface area contributed by atoms with Crippen LogP contribution in [0.5, 0.6) is 0 Å². The first kappa shape index (κ1) is 17.5. The number of rotatable bonds is 4. The van der Waals surface area contributed by atoms with Crippen LogP contribution < -0.4 is 16.0 Å². The molecule has 0 saturated carbocycles. The van der Waals surface area contributed by atoms with Gasteiger partial charge in [-0.3, -0.25) is 5.32 Å². The van der Waals surface area contributed by atoms with Crippen molar-refractivity contribution in [3.63, 3.8) is 0 Å². The molecule has 2 rings (SSSR count). The van der Waals surface area contributed by atoms with E-state index in [0.29, 0.717) is 5.92 Å². The highest BCUT2D eigenvalue weighted by Crippen LogP contribution is 2.21. The molecular formula is C17H26FN3O2. The summed E-state index contributed by atoms with van der Waals surface area (Å²) in [5, 5.41) is 9.13. The van der Waals surface area contributed by atoms with E-state index >= 15 is 0 Å². The second kappa shape index (κ2) is 7.64. The molecule has 5 nitrogen and oxygen atoms in total. The van der Waals surface area contributed by atoms with Gasteiger partial charge in [0.2, 0.25) is 0 Å². The Kier molecular flexibility index (Phi) is 5.82. The molecular weight excluding hydrogens is 297 g/mol. The molecule has 1 aromatic carbocycles. The quantitative estimate of drug-likeness (QED) is 0.792. The van der Waals surface area contributed by atoms with Crippen molar-refractivity contribution in [2.24, 2.45) is 5.92 Å². The minimum Gasteiger partial charge on any atom is -0.444 e. The predicted molar refractivity (Wildman–Crippen MR) is 90.3 cm³/mol. The summed E-state index contributed by atoms with van der Waals surface area (Å²) in [6.07, 6.45) is 1.70. The van der Waals surface area contributed by atoms with Crippen molar-refractivity contribution in [1.82, 2.24) is 5.32 Å². The Morgan fingerprint density at radius 3 is 2.87 bits per heavy atom. The molecule has 1 heterocycles. The van der Waals surface area contributed by atoms with Crippen LogP contribution in [0.1, 0.15) is 33.6 Å². The van der Waals surface area contributed by atoms with Gasteiger partial charge < -0.3 is 15.4 Å². The summed E-state index contributed by atoms with van der Waals surface area (Å²) in [5.41, 5.74) is 0.277. The van der Waals surface area contributed by atoms with E-state index in [2.05, 4.69) is 16.0 Å². The Morgan fingerprint density at radius 2 is 2.22 bits per heavy atom. The zero-order chi connectivity index (χ0) is 16.9. The molecule has 0 aromatic heterocycles. The van der Waals surface area contributed by atoms with Gasteiger partial charge in [0.05, 0.1) is 5.69 Å². The lowest BCUT2D eigenvalue weighted by Crippen LogP contribution is -2.33. The highest BCUT2D eigenvalue weighted by Gasteiger charge is 2.18. The number of halogens is 1. The fourth-order valence-corrected chi connectivity index (χ4v) is 2.50. The standard InChI is InChI=1S/C17H26FN3O2/c1-17(2,3)23-16(22)21-15-9-13(6-7-14(15)18)20-11-12-5-4-8-19-10-12/h6-7,9,12,19-20H,4-5,8,10-11H2,1-3H3,(H,21,22). The number of piperidine rings is 1. The highest BCUT2D eigenvalue weighted by atomic mass is 19.1. The van der Waals surface area contributed by atoms with E-state index in [1.807, 2.05) is 0 Å². The molecule has 128 valence electrons. The lowest BCUT2D eigenvalue weighted by molar-refractivity contribution is 0.0635. The number of ether oxygens (including phenoxy) is 1. The number of hydrogen-bond donors (Lipinski definition) is 3. The fraction of sp³-hybridized carbons (Fsp3) is 0.588. The van der Waals surface area contributed by atoms with Crippen LogP contribution in [0.15, 0.2) is 18.2 Å². The zero-order valence-corrected chi connectivity index (χ0v) is 14.0. The Labute approximate surface area is 137 Å². The van der Waals surface area contributed by atoms with Crippen molar-refractivity contribution in [3.8, 4) is 0 Å². The van der Waals surface area contributed by atoms with Crippen molar-refractivity contribution in [3.05, 3.63) is 24.0 Å². The number of benzene rings is 1. The van der Waals surface area contributed by atoms with Gasteiger partial charge in [0.15, 0.2) is 0 Å². The molecule has 1 amide bonds. The van der Waals surface area contributed by atoms with Gasteiger partial charge >= 0.3 is 6.09 Å². The van der Waals surface area contributed by atoms with Crippen LogP contribution in [0.2, 0.25) is 0 Å². The maximum atomic E-state index is 13.8. The predicted octanol–water partition coefficient (Wildman–Crippen LogP) is 3.58. The Bertz CT molecular complexity index is 537. The molecule has 1 aromatic rings. The van der Waals surface area contributed by atoms with Crippen LogP contribution >= 0.6 is 0 Å². The molecule has 1 aliphatic rings. The van der Waals surface area contributed by atoms with Crippen molar-refractivity contribution >= 4 is 17.5 Å². The third kappa shape index (κ3) is 6.06. The second-order valence-electron chi connectivity index (χ2n) is 6.91. The van der Waals surface area contributed by atoms with E-state index in [1.54, 1.807) is 32.9 Å². The minimum absolute atomic E-state index is 0.117. The van der Waals surface area contributed by atoms with E-state index in [1.165, 1.54) is 18.9 Å². The van der Waals surface area contributed by atoms with Crippen LogP contribution in [0.25, 0.3) is 0 Å². The Balaban J connectivity index is 1.93. The summed E-state index contributed by atoms with van der Waals surface area (Å²) in [4.78, 5) is 11.8. The van der Waals surface area contributed by atoms with Gasteiger partial charge in [0, 0.05) is 12.2 Å². The number of carbonyl (C=O) groups excluding carboxylic acids is 1. The van der Waals surface area contributed by atoms with Crippen molar-refractivity contribution in [2.75, 3.05) is 30.3 Å². The zero-order valence-electron chi connectivity index (χ0n) is 14.0. The summed E-state index contributed by atoms with van der Waals surface area (Å²) in [5.74, 6) is 0.0804. The molecule has 3 N–H and O–H groups in total. The monoisotopic (exact) mass is 323 g/mol. The second-order valence-corrected chi connectivity index (χ2v) is 6.91. The first-order valence-electron chi connectivity index (χ1n) is 8.07. The minimum atomic E-state index is -0.662. The summed E-state index contributed by atoms with van der Waals surface area (Å²) in [6.45, 7) is 8.19. The molecule has 1 aliphatic heterocycles. The molecule has 0 radical (unpaired) electrons. The molecule has 0 aliphatic carbocycles. The van der Waals surface area contributed by atoms with Gasteiger partial charge in [-0.05, 0) is 70.8 Å². The van der Waals surface area contributed by atoms with E-state index in [4.69, 9.17) is 4.74 Å². The molecule has 1 atom stereocenters. The highest BCUT2D eigenvalue weighted by molar-refractivity contribution is 5.85. The van der Waals surface area contributed by atoms with Gasteiger partial charge in [-0.25, -0.2) is 9.18 Å². The SMILES string of the molecule is CC(C)(C)OC(=O)Nc1cc(NCC2CCCNC2)ccc1F. The summed E-state index contributed by atoms with van der Waals surface area (Å²) >= 11 is 0. The number of amides is 1. The smallest absolute Gasteiger partial charge is 0.412 e.